The molecule has 0 aliphatic carbocycles. The predicted molar refractivity (Wildman–Crippen MR) is 60.2 cm³/mol. The Labute approximate surface area is 89.8 Å². The van der Waals surface area contributed by atoms with Crippen LogP contribution in [-0.2, 0) is 0 Å². The highest BCUT2D eigenvalue weighted by molar-refractivity contribution is 5.49. The molecule has 0 N–H and O–H groups in total. The molecule has 5 nitrogen and oxygen atoms in total. The molecule has 0 amide bonds. The van der Waals surface area contributed by atoms with Crippen molar-refractivity contribution in [3.63, 3.8) is 0 Å². The first kappa shape index (κ1) is 11.3. The summed E-state index contributed by atoms with van der Waals surface area (Å²) in [6.07, 6.45) is 0. The van der Waals surface area contributed by atoms with Crippen molar-refractivity contribution in [2.24, 2.45) is 5.22 Å². The van der Waals surface area contributed by atoms with Crippen LogP contribution in [0.15, 0.2) is 29.5 Å². The van der Waals surface area contributed by atoms with Gasteiger partial charge in [0.05, 0.1) is 19.3 Å². The van der Waals surface area contributed by atoms with E-state index in [9.17, 15) is 5.21 Å². The Morgan fingerprint density at radius 1 is 1.07 bits per heavy atom. The third-order valence-corrected chi connectivity index (χ3v) is 1.85. The third-order valence-electron chi connectivity index (χ3n) is 1.85. The van der Waals surface area contributed by atoms with Gasteiger partial charge in [-0.25, -0.2) is 0 Å². The molecule has 0 spiro atoms. The summed E-state index contributed by atoms with van der Waals surface area (Å²) < 4.78 is 0. The zero-order valence-electron chi connectivity index (χ0n) is 9.51. The second-order valence-electron chi connectivity index (χ2n) is 3.62. The van der Waals surface area contributed by atoms with Gasteiger partial charge in [0.25, 0.3) is 0 Å². The fraction of sp³-hybridized carbons (Fsp3) is 0.400. The maximum atomic E-state index is 11.4. The van der Waals surface area contributed by atoms with E-state index in [1.807, 2.05) is 31.1 Å². The Morgan fingerprint density at radius 2 is 1.60 bits per heavy atom. The molecular formula is C10H16N4O. The molecule has 0 heterocycles. The van der Waals surface area contributed by atoms with Gasteiger partial charge in [-0.15, -0.1) is 4.86 Å². The lowest BCUT2D eigenvalue weighted by atomic mass is 10.3. The molecule has 5 heteroatoms. The van der Waals surface area contributed by atoms with E-state index in [1.54, 1.807) is 26.2 Å². The maximum Gasteiger partial charge on any atom is 0.154 e. The van der Waals surface area contributed by atoms with Crippen LogP contribution in [0.1, 0.15) is 0 Å². The Balaban J connectivity index is 2.89. The summed E-state index contributed by atoms with van der Waals surface area (Å²) in [6, 6.07) is 7.25. The number of hydrogen-bond acceptors (Lipinski definition) is 3. The monoisotopic (exact) mass is 208 g/mol. The molecule has 1 rings (SSSR count). The molecule has 82 valence electrons. The molecule has 0 aromatic heterocycles. The van der Waals surface area contributed by atoms with Crippen LogP contribution in [0.3, 0.4) is 0 Å². The quantitative estimate of drug-likeness (QED) is 0.432. The fourth-order valence-electron chi connectivity index (χ4n) is 1.09. The van der Waals surface area contributed by atoms with Gasteiger partial charge in [-0.3, -0.25) is 0 Å². The molecule has 0 saturated carbocycles. The number of benzene rings is 1. The van der Waals surface area contributed by atoms with E-state index in [0.29, 0.717) is 10.5 Å². The number of hydrogen-bond donors (Lipinski definition) is 0. The molecule has 0 unspecified atom stereocenters. The minimum Gasteiger partial charge on any atom is -0.691 e. The average Bonchev–Trinajstić information content (AvgIpc) is 2.17. The minimum absolute atomic E-state index is 0.523. The van der Waals surface area contributed by atoms with Gasteiger partial charge in [-0.1, -0.05) is 0 Å². The van der Waals surface area contributed by atoms with Crippen LogP contribution in [0.5, 0.6) is 0 Å². The molecule has 0 aliphatic heterocycles. The van der Waals surface area contributed by atoms with Gasteiger partial charge in [0.2, 0.25) is 0 Å². The summed E-state index contributed by atoms with van der Waals surface area (Å²) >= 11 is 0. The predicted octanol–water partition coefficient (Wildman–Crippen LogP) is 1.82. The normalized spacial score (nSPS) is 11.3. The summed E-state index contributed by atoms with van der Waals surface area (Å²) in [5.74, 6) is 0. The van der Waals surface area contributed by atoms with Crippen LogP contribution in [-0.4, -0.2) is 38.1 Å². The molecule has 0 atom stereocenters. The molecule has 0 aliphatic rings. The largest absolute Gasteiger partial charge is 0.691 e. The molecule has 0 bridgehead atoms. The van der Waals surface area contributed by atoms with E-state index < -0.39 is 0 Å². The lowest BCUT2D eigenvalue weighted by Gasteiger charge is -2.13. The van der Waals surface area contributed by atoms with Gasteiger partial charge in [0.1, 0.15) is 0 Å². The molecular weight excluding hydrogens is 192 g/mol. The van der Waals surface area contributed by atoms with E-state index in [1.165, 1.54) is 5.01 Å². The highest BCUT2D eigenvalue weighted by Gasteiger charge is 2.00. The second kappa shape index (κ2) is 4.63. The highest BCUT2D eigenvalue weighted by atomic mass is 16.5. The summed E-state index contributed by atoms with van der Waals surface area (Å²) in [5.41, 5.74) is 1.58. The lowest BCUT2D eigenvalue weighted by molar-refractivity contribution is -0.459. The number of anilines is 1. The summed E-state index contributed by atoms with van der Waals surface area (Å²) in [4.78, 5) is 2.57. The van der Waals surface area contributed by atoms with E-state index in [4.69, 9.17) is 0 Å². The topological polar surface area (TPSA) is 44.9 Å². The van der Waals surface area contributed by atoms with Crippen molar-refractivity contribution >= 4 is 11.4 Å². The molecule has 0 fully saturated rings. The van der Waals surface area contributed by atoms with E-state index in [-0.39, 0.29) is 0 Å². The van der Waals surface area contributed by atoms with Gasteiger partial charge in [-0.2, -0.15) is 5.01 Å². The van der Waals surface area contributed by atoms with Crippen LogP contribution in [0.25, 0.3) is 0 Å². The zero-order chi connectivity index (χ0) is 11.4. The maximum absolute atomic E-state index is 11.4. The van der Waals surface area contributed by atoms with Crippen LogP contribution < -0.4 is 4.90 Å². The van der Waals surface area contributed by atoms with Gasteiger partial charge in [0, 0.05) is 19.8 Å². The first-order valence-corrected chi connectivity index (χ1v) is 4.64. The van der Waals surface area contributed by atoms with Crippen LogP contribution >= 0.6 is 0 Å². The van der Waals surface area contributed by atoms with Gasteiger partial charge < -0.3 is 10.1 Å². The van der Waals surface area contributed by atoms with Crippen molar-refractivity contribution < 1.29 is 4.86 Å². The van der Waals surface area contributed by atoms with Crippen molar-refractivity contribution in [3.8, 4) is 0 Å². The van der Waals surface area contributed by atoms with Crippen molar-refractivity contribution in [1.29, 1.82) is 0 Å². The van der Waals surface area contributed by atoms with E-state index in [2.05, 4.69) is 5.22 Å². The standard InChI is InChI=1S/C10H16N4O/c1-12(2)9-5-7-10(8-6-9)14(15)11-13(3)4/h5-8H,1-4H3. The summed E-state index contributed by atoms with van der Waals surface area (Å²) in [5, 5.41) is 16.6. The first-order chi connectivity index (χ1) is 7.00. The molecule has 0 radical (unpaired) electrons. The molecule has 15 heavy (non-hydrogen) atoms. The van der Waals surface area contributed by atoms with Crippen LogP contribution in [0.4, 0.5) is 11.4 Å². The van der Waals surface area contributed by atoms with Crippen molar-refractivity contribution in [1.82, 2.24) is 5.01 Å². The Morgan fingerprint density at radius 3 is 2.00 bits per heavy atom. The highest BCUT2D eigenvalue weighted by Crippen LogP contribution is 2.17. The van der Waals surface area contributed by atoms with E-state index in [0.717, 1.165) is 5.69 Å². The molecule has 0 saturated heterocycles. The van der Waals surface area contributed by atoms with Crippen molar-refractivity contribution in [3.05, 3.63) is 29.5 Å². The SMILES string of the molecule is CN(C)N=[N+]([O-])c1ccc(N(C)C)cc1. The van der Waals surface area contributed by atoms with Crippen molar-refractivity contribution in [2.45, 2.75) is 0 Å². The number of rotatable bonds is 3. The van der Waals surface area contributed by atoms with E-state index >= 15 is 0 Å². The number of nitrogens with zero attached hydrogens (tertiary/aromatic N) is 4. The average molecular weight is 208 g/mol. The smallest absolute Gasteiger partial charge is 0.154 e. The minimum atomic E-state index is 0.523. The van der Waals surface area contributed by atoms with Gasteiger partial charge in [-0.05, 0) is 24.3 Å². The molecule has 1 aromatic carbocycles. The molecule has 1 aromatic rings. The van der Waals surface area contributed by atoms with Crippen LogP contribution in [0, 0.1) is 5.21 Å². The lowest BCUT2D eigenvalue weighted by Crippen LogP contribution is -2.09. The first-order valence-electron chi connectivity index (χ1n) is 4.64. The zero-order valence-corrected chi connectivity index (χ0v) is 9.51. The van der Waals surface area contributed by atoms with Gasteiger partial charge in [0.15, 0.2) is 5.69 Å². The third kappa shape index (κ3) is 3.12. The Hall–Kier alpha value is -1.78. The Bertz CT molecular complexity index is 343. The van der Waals surface area contributed by atoms with Crippen molar-refractivity contribution in [2.75, 3.05) is 33.1 Å². The summed E-state index contributed by atoms with van der Waals surface area (Å²) in [7, 11) is 7.32. The fourth-order valence-corrected chi connectivity index (χ4v) is 1.09. The second-order valence-corrected chi connectivity index (χ2v) is 3.62. The van der Waals surface area contributed by atoms with Gasteiger partial charge >= 0.3 is 0 Å². The Kier molecular flexibility index (Phi) is 3.49. The van der Waals surface area contributed by atoms with Crippen LogP contribution in [0.2, 0.25) is 0 Å². The summed E-state index contributed by atoms with van der Waals surface area (Å²) in [6.45, 7) is 0.